The van der Waals surface area contributed by atoms with Gasteiger partial charge in [-0.15, -0.1) is 0 Å². The SMILES string of the molecule is COc1cc(C[C@@]2(C#N)c3ccccc3C=CN2C(=O)c2ccccc2)c(Oc2cc(C[C@@]3(C#N)c4ccccc4C=CN3C(=O)c3ccccc3)ccc2OC)cc1OC. The summed E-state index contributed by atoms with van der Waals surface area (Å²) in [5, 5.41) is 22.4. The molecule has 2 aliphatic rings. The molecule has 0 radical (unpaired) electrons. The Hall–Kier alpha value is -8.08. The Bertz CT molecular complexity index is 2790. The van der Waals surface area contributed by atoms with Gasteiger partial charge in [-0.1, -0.05) is 91.0 Å². The third kappa shape index (κ3) is 7.11. The second-order valence-electron chi connectivity index (χ2n) is 14.6. The number of ether oxygens (including phenoxy) is 4. The molecule has 10 nitrogen and oxygen atoms in total. The van der Waals surface area contributed by atoms with Crippen LogP contribution >= 0.6 is 0 Å². The molecule has 0 spiro atoms. The topological polar surface area (TPSA) is 125 Å². The van der Waals surface area contributed by atoms with E-state index in [4.69, 9.17) is 18.9 Å². The van der Waals surface area contributed by atoms with Gasteiger partial charge in [0, 0.05) is 48.0 Å². The minimum Gasteiger partial charge on any atom is -0.493 e. The van der Waals surface area contributed by atoms with E-state index in [9.17, 15) is 20.1 Å². The number of benzene rings is 6. The predicted octanol–water partition coefficient (Wildman–Crippen LogP) is 9.68. The summed E-state index contributed by atoms with van der Waals surface area (Å²) in [4.78, 5) is 31.5. The number of amides is 2. The Morgan fingerprint density at radius 1 is 0.525 bits per heavy atom. The minimum absolute atomic E-state index is 0.0155. The monoisotopic (exact) mass is 804 g/mol. The van der Waals surface area contributed by atoms with Crippen molar-refractivity contribution in [1.82, 2.24) is 9.80 Å². The highest BCUT2D eigenvalue weighted by molar-refractivity contribution is 5.97. The largest absolute Gasteiger partial charge is 0.493 e. The smallest absolute Gasteiger partial charge is 0.259 e. The van der Waals surface area contributed by atoms with Gasteiger partial charge in [0.05, 0.1) is 33.5 Å². The van der Waals surface area contributed by atoms with E-state index in [-0.39, 0.29) is 24.7 Å². The number of hydrogen-bond donors (Lipinski definition) is 0. The van der Waals surface area contributed by atoms with Gasteiger partial charge in [-0.25, -0.2) is 0 Å². The van der Waals surface area contributed by atoms with Gasteiger partial charge in [0.2, 0.25) is 0 Å². The van der Waals surface area contributed by atoms with Crippen LogP contribution < -0.4 is 18.9 Å². The van der Waals surface area contributed by atoms with Gasteiger partial charge in [-0.05, 0) is 82.4 Å². The van der Waals surface area contributed by atoms with Gasteiger partial charge >= 0.3 is 0 Å². The highest BCUT2D eigenvalue weighted by atomic mass is 16.5. The van der Waals surface area contributed by atoms with E-state index < -0.39 is 11.1 Å². The number of fused-ring (bicyclic) bond motifs is 2. The fraction of sp³-hybridized carbons (Fsp3) is 0.137. The summed E-state index contributed by atoms with van der Waals surface area (Å²) in [6, 6.07) is 46.7. The van der Waals surface area contributed by atoms with Crippen LogP contribution in [0.2, 0.25) is 0 Å². The Labute approximate surface area is 354 Å². The molecule has 0 fully saturated rings. The molecule has 6 aromatic rings. The molecule has 0 saturated heterocycles. The average molecular weight is 805 g/mol. The number of nitriles is 2. The molecule has 61 heavy (non-hydrogen) atoms. The minimum atomic E-state index is -1.53. The Morgan fingerprint density at radius 3 is 1.51 bits per heavy atom. The van der Waals surface area contributed by atoms with E-state index in [0.29, 0.717) is 62.1 Å². The van der Waals surface area contributed by atoms with Crippen molar-refractivity contribution in [3.05, 3.63) is 196 Å². The fourth-order valence-electron chi connectivity index (χ4n) is 8.19. The summed E-state index contributed by atoms with van der Waals surface area (Å²) < 4.78 is 24.1. The lowest BCUT2D eigenvalue weighted by atomic mass is 9.78. The molecule has 0 unspecified atom stereocenters. The van der Waals surface area contributed by atoms with Crippen LogP contribution in [-0.2, 0) is 23.9 Å². The molecule has 0 aliphatic carbocycles. The van der Waals surface area contributed by atoms with E-state index in [0.717, 1.165) is 11.1 Å². The summed E-state index contributed by atoms with van der Waals surface area (Å²) in [6.45, 7) is 0. The maximum absolute atomic E-state index is 14.3. The number of nitrogens with zero attached hydrogens (tertiary/aromatic N) is 4. The zero-order chi connectivity index (χ0) is 42.6. The van der Waals surface area contributed by atoms with E-state index >= 15 is 0 Å². The number of carbonyl (C=O) groups is 2. The average Bonchev–Trinajstić information content (AvgIpc) is 3.32. The van der Waals surface area contributed by atoms with Crippen LogP contribution in [0, 0.1) is 22.7 Å². The van der Waals surface area contributed by atoms with Crippen molar-refractivity contribution in [3.63, 3.8) is 0 Å². The third-order valence-electron chi connectivity index (χ3n) is 11.2. The van der Waals surface area contributed by atoms with Crippen LogP contribution in [0.5, 0.6) is 28.7 Å². The van der Waals surface area contributed by atoms with Crippen LogP contribution in [0.4, 0.5) is 0 Å². The van der Waals surface area contributed by atoms with Crippen LogP contribution in [0.3, 0.4) is 0 Å². The highest BCUT2D eigenvalue weighted by Crippen LogP contribution is 2.47. The molecule has 0 bridgehead atoms. The lowest BCUT2D eigenvalue weighted by Gasteiger charge is -2.41. The number of carbonyl (C=O) groups excluding carboxylic acids is 2. The lowest BCUT2D eigenvalue weighted by molar-refractivity contribution is 0.0688. The molecule has 2 heterocycles. The highest BCUT2D eigenvalue weighted by Gasteiger charge is 2.46. The lowest BCUT2D eigenvalue weighted by Crippen LogP contribution is -2.49. The van der Waals surface area contributed by atoms with Gasteiger partial charge < -0.3 is 18.9 Å². The molecular weight excluding hydrogens is 765 g/mol. The predicted molar refractivity (Wildman–Crippen MR) is 231 cm³/mol. The molecule has 0 aromatic heterocycles. The van der Waals surface area contributed by atoms with E-state index in [1.165, 1.54) is 31.1 Å². The maximum Gasteiger partial charge on any atom is 0.259 e. The summed E-state index contributed by atoms with van der Waals surface area (Å²) in [5.41, 5.74) is 2.05. The third-order valence-corrected chi connectivity index (χ3v) is 11.2. The summed E-state index contributed by atoms with van der Waals surface area (Å²) in [6.07, 6.45) is 7.09. The zero-order valence-corrected chi connectivity index (χ0v) is 33.7. The zero-order valence-electron chi connectivity index (χ0n) is 33.7. The van der Waals surface area contributed by atoms with Gasteiger partial charge in [0.1, 0.15) is 5.75 Å². The molecular formula is C51H40N4O6. The van der Waals surface area contributed by atoms with Crippen molar-refractivity contribution in [3.8, 4) is 40.9 Å². The summed E-state index contributed by atoms with van der Waals surface area (Å²) in [5.74, 6) is 1.08. The van der Waals surface area contributed by atoms with Crippen molar-refractivity contribution >= 4 is 24.0 Å². The standard InChI is InChI=1S/C51H40N4O6/c1-58-43-23-22-35(31-50(33-52)41-20-12-10-14-36(41)24-26-54(50)48(56)38-16-6-4-7-17-38)28-47(43)61-44-30-46(60-3)45(59-2)29-40(44)32-51(34-53)42-21-13-11-15-37(42)25-27-55(51)49(57)39-18-8-5-9-19-39/h4-30H,31-32H2,1-3H3/t50-,51-/m1/s1. The van der Waals surface area contributed by atoms with E-state index in [1.807, 2.05) is 78.9 Å². The first-order valence-electron chi connectivity index (χ1n) is 19.5. The normalized spacial score (nSPS) is 17.3. The van der Waals surface area contributed by atoms with Crippen LogP contribution in [0.25, 0.3) is 12.2 Å². The summed E-state index contributed by atoms with van der Waals surface area (Å²) >= 11 is 0. The van der Waals surface area contributed by atoms with E-state index in [1.54, 1.807) is 85.2 Å². The molecule has 2 amide bonds. The first-order valence-corrected chi connectivity index (χ1v) is 19.5. The molecule has 0 N–H and O–H groups in total. The first-order chi connectivity index (χ1) is 29.8. The van der Waals surface area contributed by atoms with Gasteiger partial charge in [0.25, 0.3) is 11.8 Å². The molecule has 8 rings (SSSR count). The molecule has 2 aliphatic heterocycles. The molecule has 6 aromatic carbocycles. The van der Waals surface area contributed by atoms with Crippen molar-refractivity contribution in [2.24, 2.45) is 0 Å². The van der Waals surface area contributed by atoms with Crippen LogP contribution in [0.1, 0.15) is 54.1 Å². The molecule has 300 valence electrons. The summed E-state index contributed by atoms with van der Waals surface area (Å²) in [7, 11) is 4.57. The van der Waals surface area contributed by atoms with Crippen molar-refractivity contribution in [1.29, 1.82) is 10.5 Å². The Kier molecular flexibility index (Phi) is 10.8. The van der Waals surface area contributed by atoms with Crippen LogP contribution in [0.15, 0.2) is 152 Å². The first kappa shape index (κ1) is 39.7. The fourth-order valence-corrected chi connectivity index (χ4v) is 8.19. The molecule has 10 heteroatoms. The number of rotatable bonds is 11. The number of hydrogen-bond acceptors (Lipinski definition) is 8. The second kappa shape index (κ2) is 16.6. The maximum atomic E-state index is 14.3. The Balaban J connectivity index is 1.23. The van der Waals surface area contributed by atoms with E-state index in [2.05, 4.69) is 12.1 Å². The quantitative estimate of drug-likeness (QED) is 0.127. The van der Waals surface area contributed by atoms with Gasteiger partial charge in [-0.2, -0.15) is 10.5 Å². The van der Waals surface area contributed by atoms with Gasteiger partial charge in [-0.3, -0.25) is 19.4 Å². The molecule has 2 atom stereocenters. The van der Waals surface area contributed by atoms with Crippen molar-refractivity contribution in [2.45, 2.75) is 23.9 Å². The van der Waals surface area contributed by atoms with Crippen molar-refractivity contribution in [2.75, 3.05) is 21.3 Å². The second-order valence-corrected chi connectivity index (χ2v) is 14.6. The number of methoxy groups -OCH3 is 3. The molecule has 0 saturated carbocycles. The Morgan fingerprint density at radius 2 is 1.00 bits per heavy atom. The van der Waals surface area contributed by atoms with Crippen molar-refractivity contribution < 1.29 is 28.5 Å². The van der Waals surface area contributed by atoms with Crippen LogP contribution in [-0.4, -0.2) is 42.9 Å². The van der Waals surface area contributed by atoms with Gasteiger partial charge in [0.15, 0.2) is 34.1 Å².